The highest BCUT2D eigenvalue weighted by Gasteiger charge is 2.10. The zero-order valence-corrected chi connectivity index (χ0v) is 10.8. The van der Waals surface area contributed by atoms with Crippen molar-refractivity contribution in [2.24, 2.45) is 5.14 Å². The average Bonchev–Trinajstić information content (AvgIpc) is 2.76. The SMILES string of the molecule is NS(=O)(=O)c1ccc(CCc2ccccc2)s1. The lowest BCUT2D eigenvalue weighted by molar-refractivity contribution is 0.600. The zero-order valence-electron chi connectivity index (χ0n) is 9.17. The van der Waals surface area contributed by atoms with Gasteiger partial charge >= 0.3 is 0 Å². The summed E-state index contributed by atoms with van der Waals surface area (Å²) in [6, 6.07) is 13.5. The van der Waals surface area contributed by atoms with Crippen molar-refractivity contribution in [3.63, 3.8) is 0 Å². The largest absolute Gasteiger partial charge is 0.247 e. The second-order valence-electron chi connectivity index (χ2n) is 3.75. The minimum absolute atomic E-state index is 0.237. The van der Waals surface area contributed by atoms with Crippen LogP contribution in [0.15, 0.2) is 46.7 Å². The van der Waals surface area contributed by atoms with E-state index in [1.807, 2.05) is 24.3 Å². The fourth-order valence-corrected chi connectivity index (χ4v) is 3.34. The first-order valence-corrected chi connectivity index (χ1v) is 7.57. The molecule has 1 aromatic carbocycles. The van der Waals surface area contributed by atoms with Crippen molar-refractivity contribution < 1.29 is 8.42 Å². The molecule has 5 heteroatoms. The Morgan fingerprint density at radius 3 is 2.29 bits per heavy atom. The van der Waals surface area contributed by atoms with Crippen molar-refractivity contribution in [1.82, 2.24) is 0 Å². The maximum atomic E-state index is 11.1. The third kappa shape index (κ3) is 3.39. The summed E-state index contributed by atoms with van der Waals surface area (Å²) in [6.45, 7) is 0. The predicted molar refractivity (Wildman–Crippen MR) is 69.5 cm³/mol. The first-order chi connectivity index (χ1) is 8.05. The lowest BCUT2D eigenvalue weighted by Crippen LogP contribution is -2.09. The second kappa shape index (κ2) is 5.00. The summed E-state index contributed by atoms with van der Waals surface area (Å²) in [5.74, 6) is 0. The lowest BCUT2D eigenvalue weighted by Gasteiger charge is -1.98. The van der Waals surface area contributed by atoms with Crippen LogP contribution in [0.3, 0.4) is 0 Å². The first-order valence-electron chi connectivity index (χ1n) is 5.21. The van der Waals surface area contributed by atoms with Gasteiger partial charge in [0.25, 0.3) is 0 Å². The smallest absolute Gasteiger partial charge is 0.224 e. The van der Waals surface area contributed by atoms with Gasteiger partial charge in [-0.05, 0) is 30.5 Å². The molecule has 0 bridgehead atoms. The first kappa shape index (κ1) is 12.3. The normalized spacial score (nSPS) is 11.6. The highest BCUT2D eigenvalue weighted by molar-refractivity contribution is 7.91. The molecule has 2 rings (SSSR count). The number of rotatable bonds is 4. The standard InChI is InChI=1S/C12H13NO2S2/c13-17(14,15)12-9-8-11(16-12)7-6-10-4-2-1-3-5-10/h1-5,8-9H,6-7H2,(H2,13,14,15). The van der Waals surface area contributed by atoms with Gasteiger partial charge in [-0.3, -0.25) is 0 Å². The number of benzene rings is 1. The lowest BCUT2D eigenvalue weighted by atomic mass is 10.1. The number of nitrogens with two attached hydrogens (primary N) is 1. The van der Waals surface area contributed by atoms with Gasteiger partial charge in [-0.1, -0.05) is 30.3 Å². The summed E-state index contributed by atoms with van der Waals surface area (Å²) >= 11 is 1.25. The molecule has 90 valence electrons. The van der Waals surface area contributed by atoms with E-state index in [-0.39, 0.29) is 4.21 Å². The van der Waals surface area contributed by atoms with E-state index in [2.05, 4.69) is 12.1 Å². The number of sulfonamides is 1. The van der Waals surface area contributed by atoms with Gasteiger partial charge in [-0.15, -0.1) is 11.3 Å². The van der Waals surface area contributed by atoms with Gasteiger partial charge in [0.1, 0.15) is 4.21 Å². The third-order valence-electron chi connectivity index (χ3n) is 2.42. The molecule has 1 heterocycles. The number of primary sulfonamides is 1. The Balaban J connectivity index is 2.04. The molecular formula is C12H13NO2S2. The van der Waals surface area contributed by atoms with E-state index in [9.17, 15) is 8.42 Å². The van der Waals surface area contributed by atoms with E-state index < -0.39 is 10.0 Å². The molecule has 2 aromatic rings. The molecule has 0 spiro atoms. The molecule has 2 N–H and O–H groups in total. The van der Waals surface area contributed by atoms with E-state index in [0.29, 0.717) is 0 Å². The Labute approximate surface area is 105 Å². The molecule has 0 radical (unpaired) electrons. The van der Waals surface area contributed by atoms with Crippen molar-refractivity contribution >= 4 is 21.4 Å². The van der Waals surface area contributed by atoms with Crippen molar-refractivity contribution in [3.8, 4) is 0 Å². The molecule has 0 atom stereocenters. The van der Waals surface area contributed by atoms with Crippen LogP contribution in [0.25, 0.3) is 0 Å². The van der Waals surface area contributed by atoms with Gasteiger partial charge in [-0.25, -0.2) is 13.6 Å². The quantitative estimate of drug-likeness (QED) is 0.923. The number of hydrogen-bond donors (Lipinski definition) is 1. The second-order valence-corrected chi connectivity index (χ2v) is 6.71. The molecule has 0 aliphatic rings. The third-order valence-corrected chi connectivity index (χ3v) is 5.00. The van der Waals surface area contributed by atoms with Crippen LogP contribution in [0, 0.1) is 0 Å². The van der Waals surface area contributed by atoms with Crippen LogP contribution in [0.4, 0.5) is 0 Å². The Morgan fingerprint density at radius 2 is 1.71 bits per heavy atom. The molecule has 0 aliphatic heterocycles. The predicted octanol–water partition coefficient (Wildman–Crippen LogP) is 2.18. The van der Waals surface area contributed by atoms with Crippen molar-refractivity contribution in [2.75, 3.05) is 0 Å². The summed E-state index contributed by atoms with van der Waals surface area (Å²) in [5, 5.41) is 5.06. The Bertz CT molecular complexity index is 588. The van der Waals surface area contributed by atoms with E-state index in [1.54, 1.807) is 6.07 Å². The summed E-state index contributed by atoms with van der Waals surface area (Å²) in [6.07, 6.45) is 1.75. The van der Waals surface area contributed by atoms with Gasteiger partial charge in [0.15, 0.2) is 0 Å². The number of thiophene rings is 1. The monoisotopic (exact) mass is 267 g/mol. The number of hydrogen-bond acceptors (Lipinski definition) is 3. The molecule has 0 unspecified atom stereocenters. The van der Waals surface area contributed by atoms with E-state index in [0.717, 1.165) is 17.7 Å². The summed E-state index contributed by atoms with van der Waals surface area (Å²) in [5.41, 5.74) is 1.25. The molecule has 0 saturated heterocycles. The van der Waals surface area contributed by atoms with Crippen LogP contribution < -0.4 is 5.14 Å². The van der Waals surface area contributed by atoms with Crippen molar-refractivity contribution in [3.05, 3.63) is 52.9 Å². The fourth-order valence-electron chi connectivity index (χ4n) is 1.56. The molecule has 0 aliphatic carbocycles. The Morgan fingerprint density at radius 1 is 1.00 bits per heavy atom. The minimum Gasteiger partial charge on any atom is -0.224 e. The fraction of sp³-hybridized carbons (Fsp3) is 0.167. The van der Waals surface area contributed by atoms with Crippen LogP contribution in [0.2, 0.25) is 0 Å². The molecular weight excluding hydrogens is 254 g/mol. The maximum Gasteiger partial charge on any atom is 0.247 e. The van der Waals surface area contributed by atoms with E-state index in [4.69, 9.17) is 5.14 Å². The molecule has 1 aromatic heterocycles. The highest BCUT2D eigenvalue weighted by Crippen LogP contribution is 2.21. The molecule has 0 saturated carbocycles. The molecule has 17 heavy (non-hydrogen) atoms. The van der Waals surface area contributed by atoms with Gasteiger partial charge in [0.2, 0.25) is 10.0 Å². The highest BCUT2D eigenvalue weighted by atomic mass is 32.2. The van der Waals surface area contributed by atoms with Crippen LogP contribution in [0.5, 0.6) is 0 Å². The van der Waals surface area contributed by atoms with Crippen LogP contribution in [-0.4, -0.2) is 8.42 Å². The van der Waals surface area contributed by atoms with Crippen molar-refractivity contribution in [1.29, 1.82) is 0 Å². The van der Waals surface area contributed by atoms with Gasteiger partial charge in [0.05, 0.1) is 0 Å². The van der Waals surface area contributed by atoms with Gasteiger partial charge in [0, 0.05) is 4.88 Å². The average molecular weight is 267 g/mol. The van der Waals surface area contributed by atoms with Crippen LogP contribution in [0.1, 0.15) is 10.4 Å². The topological polar surface area (TPSA) is 60.2 Å². The van der Waals surface area contributed by atoms with Crippen molar-refractivity contribution in [2.45, 2.75) is 17.1 Å². The summed E-state index contributed by atoms with van der Waals surface area (Å²) in [7, 11) is -3.55. The van der Waals surface area contributed by atoms with Gasteiger partial charge in [-0.2, -0.15) is 0 Å². The Kier molecular flexibility index (Phi) is 3.61. The minimum atomic E-state index is -3.55. The zero-order chi connectivity index (χ0) is 12.3. The molecule has 0 fully saturated rings. The molecule has 3 nitrogen and oxygen atoms in total. The summed E-state index contributed by atoms with van der Waals surface area (Å²) < 4.78 is 22.5. The van der Waals surface area contributed by atoms with Crippen LogP contribution >= 0.6 is 11.3 Å². The van der Waals surface area contributed by atoms with E-state index >= 15 is 0 Å². The maximum absolute atomic E-state index is 11.1. The number of aryl methyl sites for hydroxylation is 2. The van der Waals surface area contributed by atoms with E-state index in [1.165, 1.54) is 16.9 Å². The summed E-state index contributed by atoms with van der Waals surface area (Å²) in [4.78, 5) is 1.04. The van der Waals surface area contributed by atoms with Gasteiger partial charge < -0.3 is 0 Å². The molecule has 0 amide bonds. The van der Waals surface area contributed by atoms with Crippen LogP contribution in [-0.2, 0) is 22.9 Å². The Hall–Kier alpha value is -1.17.